The molecule has 1 aromatic heterocycles. The van der Waals surface area contributed by atoms with E-state index >= 15 is 0 Å². The highest BCUT2D eigenvalue weighted by Gasteiger charge is 2.31. The molecule has 1 aromatic carbocycles. The van der Waals surface area contributed by atoms with Crippen LogP contribution in [0.3, 0.4) is 0 Å². The van der Waals surface area contributed by atoms with Crippen molar-refractivity contribution in [2.24, 2.45) is 0 Å². The van der Waals surface area contributed by atoms with Gasteiger partial charge in [0.1, 0.15) is 5.75 Å². The van der Waals surface area contributed by atoms with E-state index in [9.17, 15) is 9.90 Å². The molecule has 3 atom stereocenters. The summed E-state index contributed by atoms with van der Waals surface area (Å²) in [5, 5.41) is 18.2. The van der Waals surface area contributed by atoms with Crippen molar-refractivity contribution in [1.29, 1.82) is 0 Å². The minimum atomic E-state index is -0.469. The van der Waals surface area contributed by atoms with E-state index in [1.54, 1.807) is 14.0 Å². The van der Waals surface area contributed by atoms with E-state index < -0.39 is 6.10 Å². The maximum atomic E-state index is 11.5. The molecule has 0 aliphatic carbocycles. The van der Waals surface area contributed by atoms with Crippen molar-refractivity contribution in [2.45, 2.75) is 63.4 Å². The van der Waals surface area contributed by atoms with Gasteiger partial charge in [-0.3, -0.25) is 4.79 Å². The van der Waals surface area contributed by atoms with Gasteiger partial charge in [0, 0.05) is 50.7 Å². The number of piperidine rings is 1. The molecule has 0 saturated carbocycles. The Hall–Kier alpha value is -2.42. The maximum Gasteiger partial charge on any atom is 0.219 e. The summed E-state index contributed by atoms with van der Waals surface area (Å²) < 4.78 is 17.0. The van der Waals surface area contributed by atoms with Gasteiger partial charge in [-0.15, -0.1) is 0 Å². The zero-order chi connectivity index (χ0) is 22.5. The number of methoxy groups -OCH3 is 1. The molecule has 2 aromatic rings. The molecule has 32 heavy (non-hydrogen) atoms. The molecular weight excluding hydrogens is 410 g/mol. The number of nitrogens with one attached hydrogen (secondary N) is 1. The van der Waals surface area contributed by atoms with Crippen LogP contribution in [0, 0.1) is 0 Å². The van der Waals surface area contributed by atoms with Crippen LogP contribution in [0.25, 0.3) is 11.3 Å². The SMILES string of the molecule is COc1ccc(-c2cc(CC3CCC(O)C(CNC4CCN(C(C)=O)CC4)O3)no2)cc1. The van der Waals surface area contributed by atoms with E-state index in [1.165, 1.54) is 0 Å². The second-order valence-corrected chi connectivity index (χ2v) is 8.74. The lowest BCUT2D eigenvalue weighted by molar-refractivity contribution is -0.130. The normalized spacial score (nSPS) is 24.5. The smallest absolute Gasteiger partial charge is 0.219 e. The number of amides is 1. The third-order valence-electron chi connectivity index (χ3n) is 6.50. The van der Waals surface area contributed by atoms with Crippen LogP contribution >= 0.6 is 0 Å². The first kappa shape index (κ1) is 22.8. The Morgan fingerprint density at radius 1 is 1.22 bits per heavy atom. The van der Waals surface area contributed by atoms with E-state index in [2.05, 4.69) is 10.5 Å². The minimum absolute atomic E-state index is 0.00132. The van der Waals surface area contributed by atoms with E-state index in [0.29, 0.717) is 31.2 Å². The number of ether oxygens (including phenoxy) is 2. The Labute approximate surface area is 188 Å². The number of aliphatic hydroxyl groups excluding tert-OH is 1. The van der Waals surface area contributed by atoms with Crippen molar-refractivity contribution in [3.8, 4) is 17.1 Å². The van der Waals surface area contributed by atoms with Crippen LogP contribution in [0.15, 0.2) is 34.9 Å². The van der Waals surface area contributed by atoms with Crippen LogP contribution < -0.4 is 10.1 Å². The molecule has 2 fully saturated rings. The summed E-state index contributed by atoms with van der Waals surface area (Å²) in [6.07, 6.45) is 3.30. The topological polar surface area (TPSA) is 97.1 Å². The Kier molecular flexibility index (Phi) is 7.44. The predicted octanol–water partition coefficient (Wildman–Crippen LogP) is 2.40. The maximum absolute atomic E-state index is 11.5. The first-order valence-electron chi connectivity index (χ1n) is 11.4. The molecule has 4 rings (SSSR count). The summed E-state index contributed by atoms with van der Waals surface area (Å²) in [7, 11) is 1.64. The summed E-state index contributed by atoms with van der Waals surface area (Å²) in [5.74, 6) is 1.65. The monoisotopic (exact) mass is 443 g/mol. The number of hydrogen-bond acceptors (Lipinski definition) is 7. The van der Waals surface area contributed by atoms with Gasteiger partial charge < -0.3 is 29.3 Å². The second-order valence-electron chi connectivity index (χ2n) is 8.74. The van der Waals surface area contributed by atoms with Crippen LogP contribution in [0.5, 0.6) is 5.75 Å². The molecule has 8 heteroatoms. The quantitative estimate of drug-likeness (QED) is 0.678. The summed E-state index contributed by atoms with van der Waals surface area (Å²) in [5.41, 5.74) is 1.79. The Morgan fingerprint density at radius 3 is 2.66 bits per heavy atom. The minimum Gasteiger partial charge on any atom is -0.497 e. The first-order chi connectivity index (χ1) is 15.5. The molecule has 2 saturated heterocycles. The fourth-order valence-corrected chi connectivity index (χ4v) is 4.50. The van der Waals surface area contributed by atoms with E-state index in [-0.39, 0.29) is 18.1 Å². The number of rotatable bonds is 7. The van der Waals surface area contributed by atoms with E-state index in [4.69, 9.17) is 14.0 Å². The lowest BCUT2D eigenvalue weighted by atomic mass is 9.97. The summed E-state index contributed by atoms with van der Waals surface area (Å²) in [4.78, 5) is 13.4. The van der Waals surface area contributed by atoms with Gasteiger partial charge in [0.25, 0.3) is 0 Å². The highest BCUT2D eigenvalue weighted by molar-refractivity contribution is 5.73. The second kappa shape index (κ2) is 10.5. The van der Waals surface area contributed by atoms with Gasteiger partial charge >= 0.3 is 0 Å². The van der Waals surface area contributed by atoms with Crippen LogP contribution in [-0.4, -0.2) is 72.2 Å². The standard InChI is InChI=1S/C24H33N3O5/c1-16(28)27-11-9-18(10-12-27)25-15-24-22(29)8-7-21(31-24)13-19-14-23(32-26-19)17-3-5-20(30-2)6-4-17/h3-6,14,18,21-22,24-25,29H,7-13,15H2,1-2H3. The molecule has 3 heterocycles. The molecule has 2 aliphatic heterocycles. The molecule has 0 radical (unpaired) electrons. The number of likely N-dealkylation sites (tertiary alicyclic amines) is 1. The molecule has 2 aliphatic rings. The first-order valence-corrected chi connectivity index (χ1v) is 11.4. The van der Waals surface area contributed by atoms with Crippen molar-refractivity contribution in [1.82, 2.24) is 15.4 Å². The van der Waals surface area contributed by atoms with Gasteiger partial charge in [-0.05, 0) is 49.9 Å². The summed E-state index contributed by atoms with van der Waals surface area (Å²) >= 11 is 0. The molecule has 0 spiro atoms. The highest BCUT2D eigenvalue weighted by Crippen LogP contribution is 2.26. The van der Waals surface area contributed by atoms with E-state index in [0.717, 1.165) is 49.4 Å². The molecule has 3 unspecified atom stereocenters. The average molecular weight is 444 g/mol. The zero-order valence-electron chi connectivity index (χ0n) is 18.8. The fourth-order valence-electron chi connectivity index (χ4n) is 4.50. The van der Waals surface area contributed by atoms with Crippen LogP contribution in [0.4, 0.5) is 0 Å². The predicted molar refractivity (Wildman–Crippen MR) is 119 cm³/mol. The molecule has 174 valence electrons. The number of aliphatic hydroxyl groups is 1. The Balaban J connectivity index is 1.27. The molecule has 0 bridgehead atoms. The van der Waals surface area contributed by atoms with Gasteiger partial charge in [-0.25, -0.2) is 0 Å². The van der Waals surface area contributed by atoms with Gasteiger partial charge in [0.05, 0.1) is 31.1 Å². The van der Waals surface area contributed by atoms with Gasteiger partial charge in [0.2, 0.25) is 5.91 Å². The summed E-state index contributed by atoms with van der Waals surface area (Å²) in [6, 6.07) is 9.98. The third kappa shape index (κ3) is 5.68. The number of nitrogens with zero attached hydrogens (tertiary/aromatic N) is 2. The molecule has 1 amide bonds. The number of hydrogen-bond donors (Lipinski definition) is 2. The number of carbonyl (C=O) groups excluding carboxylic acids is 1. The van der Waals surface area contributed by atoms with Crippen molar-refractivity contribution < 1.29 is 23.9 Å². The fraction of sp³-hybridized carbons (Fsp3) is 0.583. The zero-order valence-corrected chi connectivity index (χ0v) is 18.8. The third-order valence-corrected chi connectivity index (χ3v) is 6.50. The largest absolute Gasteiger partial charge is 0.497 e. The van der Waals surface area contributed by atoms with Crippen molar-refractivity contribution in [3.63, 3.8) is 0 Å². The van der Waals surface area contributed by atoms with Crippen molar-refractivity contribution >= 4 is 5.91 Å². The Morgan fingerprint density at radius 2 is 1.97 bits per heavy atom. The van der Waals surface area contributed by atoms with Crippen LogP contribution in [-0.2, 0) is 16.0 Å². The average Bonchev–Trinajstić information content (AvgIpc) is 3.28. The van der Waals surface area contributed by atoms with Gasteiger partial charge in [-0.1, -0.05) is 5.16 Å². The van der Waals surface area contributed by atoms with Crippen LogP contribution in [0.1, 0.15) is 38.3 Å². The van der Waals surface area contributed by atoms with Crippen LogP contribution in [0.2, 0.25) is 0 Å². The Bertz CT molecular complexity index is 876. The number of carbonyl (C=O) groups is 1. The number of benzene rings is 1. The molecular formula is C24H33N3O5. The lowest BCUT2D eigenvalue weighted by Crippen LogP contribution is -2.50. The number of aromatic nitrogens is 1. The molecule has 2 N–H and O–H groups in total. The van der Waals surface area contributed by atoms with E-state index in [1.807, 2.05) is 35.2 Å². The summed E-state index contributed by atoms with van der Waals surface area (Å²) in [6.45, 7) is 3.80. The van der Waals surface area contributed by atoms with Crippen molar-refractivity contribution in [3.05, 3.63) is 36.0 Å². The van der Waals surface area contributed by atoms with Crippen molar-refractivity contribution in [2.75, 3.05) is 26.7 Å². The van der Waals surface area contributed by atoms with Gasteiger partial charge in [0.15, 0.2) is 5.76 Å². The highest BCUT2D eigenvalue weighted by atomic mass is 16.5. The lowest BCUT2D eigenvalue weighted by Gasteiger charge is -2.36. The van der Waals surface area contributed by atoms with Gasteiger partial charge in [-0.2, -0.15) is 0 Å². The molecule has 8 nitrogen and oxygen atoms in total.